The standard InChI is InChI=1S/C32H25NO4/c34-30-32(20-36-26-18-28-27(17-24(26)32)35-19-31(37-28)15-16-31)23-13-7-8-14-25(23)33(30)29(21-9-3-1-4-10-21)22-11-5-2-6-12-22/h1-14,17-18,29H,15-16,19-20H2. The van der Waals surface area contributed by atoms with Crippen molar-refractivity contribution in [3.63, 3.8) is 0 Å². The van der Waals surface area contributed by atoms with Crippen LogP contribution in [0.15, 0.2) is 97.1 Å². The highest BCUT2D eigenvalue weighted by molar-refractivity contribution is 6.12. The molecule has 0 radical (unpaired) electrons. The molecular weight excluding hydrogens is 462 g/mol. The fraction of sp³-hybridized carbons (Fsp3) is 0.219. The summed E-state index contributed by atoms with van der Waals surface area (Å²) < 4.78 is 18.7. The zero-order valence-corrected chi connectivity index (χ0v) is 20.2. The summed E-state index contributed by atoms with van der Waals surface area (Å²) in [5, 5.41) is 0. The number of carbonyl (C=O) groups is 1. The molecule has 2 spiro atoms. The highest BCUT2D eigenvalue weighted by Crippen LogP contribution is 2.58. The number of fused-ring (bicyclic) bond motifs is 5. The molecule has 8 rings (SSSR count). The van der Waals surface area contributed by atoms with Crippen LogP contribution in [0.2, 0.25) is 0 Å². The van der Waals surface area contributed by atoms with E-state index in [4.69, 9.17) is 14.2 Å². The van der Waals surface area contributed by atoms with Crippen molar-refractivity contribution >= 4 is 11.6 Å². The molecule has 182 valence electrons. The second-order valence-electron chi connectivity index (χ2n) is 10.5. The van der Waals surface area contributed by atoms with Crippen molar-refractivity contribution in [2.75, 3.05) is 18.1 Å². The molecule has 5 nitrogen and oxygen atoms in total. The molecule has 4 aliphatic rings. The number of anilines is 1. The van der Waals surface area contributed by atoms with Crippen molar-refractivity contribution in [3.8, 4) is 17.2 Å². The third-order valence-corrected chi connectivity index (χ3v) is 8.27. The Balaban J connectivity index is 1.31. The largest absolute Gasteiger partial charge is 0.491 e. The zero-order valence-electron chi connectivity index (χ0n) is 20.2. The van der Waals surface area contributed by atoms with E-state index >= 15 is 0 Å². The molecular formula is C32H25NO4. The fourth-order valence-electron chi connectivity index (χ4n) is 6.20. The zero-order chi connectivity index (χ0) is 24.6. The van der Waals surface area contributed by atoms with Crippen molar-refractivity contribution in [2.45, 2.75) is 29.9 Å². The van der Waals surface area contributed by atoms with E-state index in [1.807, 2.05) is 71.6 Å². The highest BCUT2D eigenvalue weighted by atomic mass is 16.6. The van der Waals surface area contributed by atoms with Gasteiger partial charge in [0.2, 0.25) is 5.91 Å². The Morgan fingerprint density at radius 1 is 0.676 bits per heavy atom. The van der Waals surface area contributed by atoms with Gasteiger partial charge in [-0.1, -0.05) is 78.9 Å². The fourth-order valence-corrected chi connectivity index (χ4v) is 6.20. The van der Waals surface area contributed by atoms with Crippen LogP contribution in [0.3, 0.4) is 0 Å². The van der Waals surface area contributed by atoms with Gasteiger partial charge in [-0.15, -0.1) is 0 Å². The Morgan fingerprint density at radius 2 is 1.32 bits per heavy atom. The SMILES string of the molecule is O=C1N(C(c2ccccc2)c2ccccc2)c2ccccc2C12COc1cc3c(cc12)OCC1(CC1)O3. The summed E-state index contributed by atoms with van der Waals surface area (Å²) in [4.78, 5) is 16.8. The van der Waals surface area contributed by atoms with Gasteiger partial charge in [0, 0.05) is 17.3 Å². The Bertz CT molecular complexity index is 1510. The monoisotopic (exact) mass is 487 g/mol. The first-order chi connectivity index (χ1) is 18.2. The Hall–Kier alpha value is -4.25. The van der Waals surface area contributed by atoms with Gasteiger partial charge in [-0.2, -0.15) is 0 Å². The van der Waals surface area contributed by atoms with E-state index in [0.29, 0.717) is 23.9 Å². The molecule has 1 aliphatic carbocycles. The lowest BCUT2D eigenvalue weighted by atomic mass is 9.77. The second-order valence-corrected chi connectivity index (χ2v) is 10.5. The van der Waals surface area contributed by atoms with Gasteiger partial charge in [0.05, 0.1) is 6.04 Å². The molecule has 1 saturated carbocycles. The maximum absolute atomic E-state index is 14.8. The Labute approximate surface area is 215 Å². The lowest BCUT2D eigenvalue weighted by Crippen LogP contribution is -2.44. The average Bonchev–Trinajstić information content (AvgIpc) is 3.52. The van der Waals surface area contributed by atoms with Crippen molar-refractivity contribution in [1.82, 2.24) is 0 Å². The molecule has 0 bridgehead atoms. The molecule has 0 N–H and O–H groups in total. The van der Waals surface area contributed by atoms with Gasteiger partial charge < -0.3 is 14.2 Å². The molecule has 1 unspecified atom stereocenters. The molecule has 0 aromatic heterocycles. The minimum atomic E-state index is -0.944. The van der Waals surface area contributed by atoms with E-state index in [1.165, 1.54) is 0 Å². The van der Waals surface area contributed by atoms with E-state index in [9.17, 15) is 4.79 Å². The van der Waals surface area contributed by atoms with E-state index < -0.39 is 5.41 Å². The van der Waals surface area contributed by atoms with Crippen LogP contribution in [-0.2, 0) is 10.2 Å². The van der Waals surface area contributed by atoms with Crippen molar-refractivity contribution < 1.29 is 19.0 Å². The predicted octanol–water partition coefficient (Wildman–Crippen LogP) is 5.81. The minimum absolute atomic E-state index is 0.0143. The van der Waals surface area contributed by atoms with Crippen LogP contribution in [0, 0.1) is 0 Å². The van der Waals surface area contributed by atoms with Crippen LogP contribution in [0.4, 0.5) is 5.69 Å². The molecule has 1 fully saturated rings. The quantitative estimate of drug-likeness (QED) is 0.366. The van der Waals surface area contributed by atoms with Gasteiger partial charge in [0.15, 0.2) is 11.5 Å². The van der Waals surface area contributed by atoms with Crippen molar-refractivity contribution in [3.05, 3.63) is 119 Å². The van der Waals surface area contributed by atoms with Gasteiger partial charge in [-0.25, -0.2) is 0 Å². The predicted molar refractivity (Wildman–Crippen MR) is 139 cm³/mol. The number of rotatable bonds is 3. The molecule has 4 aromatic rings. The summed E-state index contributed by atoms with van der Waals surface area (Å²) in [6.45, 7) is 0.798. The van der Waals surface area contributed by atoms with Gasteiger partial charge in [0.25, 0.3) is 0 Å². The summed E-state index contributed by atoms with van der Waals surface area (Å²) in [7, 11) is 0. The summed E-state index contributed by atoms with van der Waals surface area (Å²) in [5.41, 5.74) is 3.72. The number of benzene rings is 4. The normalized spacial score (nSPS) is 21.8. The molecule has 5 heteroatoms. The van der Waals surface area contributed by atoms with Crippen LogP contribution in [0.1, 0.15) is 41.1 Å². The Morgan fingerprint density at radius 3 is 2.03 bits per heavy atom. The lowest BCUT2D eigenvalue weighted by Gasteiger charge is -2.31. The molecule has 0 saturated heterocycles. The number of ether oxygens (including phenoxy) is 3. The van der Waals surface area contributed by atoms with Crippen LogP contribution < -0.4 is 19.1 Å². The minimum Gasteiger partial charge on any atom is -0.491 e. The summed E-state index contributed by atoms with van der Waals surface area (Å²) in [5.74, 6) is 2.11. The van der Waals surface area contributed by atoms with E-state index in [1.54, 1.807) is 0 Å². The van der Waals surface area contributed by atoms with E-state index in [0.717, 1.165) is 40.8 Å². The number of para-hydroxylation sites is 1. The van der Waals surface area contributed by atoms with Crippen LogP contribution in [0.25, 0.3) is 0 Å². The van der Waals surface area contributed by atoms with E-state index in [2.05, 4.69) is 30.3 Å². The van der Waals surface area contributed by atoms with E-state index in [-0.39, 0.29) is 24.2 Å². The first kappa shape index (κ1) is 20.9. The maximum Gasteiger partial charge on any atom is 0.246 e. The third kappa shape index (κ3) is 2.88. The van der Waals surface area contributed by atoms with Crippen LogP contribution >= 0.6 is 0 Å². The maximum atomic E-state index is 14.8. The number of nitrogens with zero attached hydrogens (tertiary/aromatic N) is 1. The van der Waals surface area contributed by atoms with Gasteiger partial charge in [0.1, 0.15) is 30.0 Å². The van der Waals surface area contributed by atoms with Crippen molar-refractivity contribution in [2.24, 2.45) is 0 Å². The van der Waals surface area contributed by atoms with Crippen molar-refractivity contribution in [1.29, 1.82) is 0 Å². The van der Waals surface area contributed by atoms with Gasteiger partial charge in [-0.3, -0.25) is 9.69 Å². The first-order valence-electron chi connectivity index (χ1n) is 12.8. The Kier molecular flexibility index (Phi) is 4.17. The average molecular weight is 488 g/mol. The number of amides is 1. The molecule has 1 atom stereocenters. The topological polar surface area (TPSA) is 48.0 Å². The molecule has 37 heavy (non-hydrogen) atoms. The molecule has 3 heterocycles. The molecule has 3 aliphatic heterocycles. The van der Waals surface area contributed by atoms with Gasteiger partial charge in [-0.05, 0) is 41.7 Å². The molecule has 1 amide bonds. The molecule has 4 aromatic carbocycles. The number of hydrogen-bond donors (Lipinski definition) is 0. The van der Waals surface area contributed by atoms with Crippen LogP contribution in [-0.4, -0.2) is 24.7 Å². The summed E-state index contributed by atoms with van der Waals surface area (Å²) in [6.07, 6.45) is 2.02. The second kappa shape index (κ2) is 7.39. The summed E-state index contributed by atoms with van der Waals surface area (Å²) in [6, 6.07) is 32.2. The van der Waals surface area contributed by atoms with Gasteiger partial charge >= 0.3 is 0 Å². The first-order valence-corrected chi connectivity index (χ1v) is 12.8. The van der Waals surface area contributed by atoms with Crippen LogP contribution in [0.5, 0.6) is 17.2 Å². The number of hydrogen-bond acceptors (Lipinski definition) is 4. The summed E-state index contributed by atoms with van der Waals surface area (Å²) >= 11 is 0. The smallest absolute Gasteiger partial charge is 0.246 e. The highest BCUT2D eigenvalue weighted by Gasteiger charge is 2.59. The third-order valence-electron chi connectivity index (χ3n) is 8.27. The number of carbonyl (C=O) groups excluding carboxylic acids is 1. The lowest BCUT2D eigenvalue weighted by molar-refractivity contribution is -0.122.